The summed E-state index contributed by atoms with van der Waals surface area (Å²) < 4.78 is 25.6. The van der Waals surface area contributed by atoms with Crippen LogP contribution in [-0.4, -0.2) is 19.8 Å². The maximum absolute atomic E-state index is 11.0. The van der Waals surface area contributed by atoms with Crippen LogP contribution in [0.2, 0.25) is 0 Å². The maximum Gasteiger partial charge on any atom is 0.335 e. The quantitative estimate of drug-likeness (QED) is 0.828. The number of rotatable bonds is 5. The van der Waals surface area contributed by atoms with Crippen LogP contribution in [0, 0.1) is 0 Å². The third-order valence-electron chi connectivity index (χ3n) is 2.56. The van der Waals surface area contributed by atoms with Crippen molar-refractivity contribution in [2.45, 2.75) is 5.75 Å². The zero-order valence-corrected chi connectivity index (χ0v) is 11.2. The minimum absolute atomic E-state index is 0.0471. The van der Waals surface area contributed by atoms with E-state index in [1.807, 2.05) is 6.07 Å². The summed E-state index contributed by atoms with van der Waals surface area (Å²) in [5.41, 5.74) is 0.417. The van der Waals surface area contributed by atoms with Crippen molar-refractivity contribution < 1.29 is 23.4 Å². The van der Waals surface area contributed by atoms with E-state index < -0.39 is 17.0 Å². The smallest absolute Gasteiger partial charge is 0.335 e. The molecule has 2 aromatic carbocycles. The molecule has 0 aliphatic heterocycles. The van der Waals surface area contributed by atoms with Crippen LogP contribution in [0.25, 0.3) is 0 Å². The van der Waals surface area contributed by atoms with Crippen LogP contribution in [0.3, 0.4) is 0 Å². The van der Waals surface area contributed by atoms with E-state index >= 15 is 0 Å². The van der Waals surface area contributed by atoms with E-state index in [1.165, 1.54) is 18.2 Å². The Bertz CT molecular complexity index is 639. The Hall–Kier alpha value is -2.18. The van der Waals surface area contributed by atoms with Crippen LogP contribution >= 0.6 is 0 Å². The molecule has 0 radical (unpaired) electrons. The highest BCUT2D eigenvalue weighted by Gasteiger charge is 2.12. The summed E-state index contributed by atoms with van der Waals surface area (Å²) in [7, 11) is 0. The molecule has 0 saturated carbocycles. The Morgan fingerprint density at radius 3 is 2.45 bits per heavy atom. The first-order valence-electron chi connectivity index (χ1n) is 5.73. The lowest BCUT2D eigenvalue weighted by Crippen LogP contribution is -2.02. The largest absolute Gasteiger partial charge is 0.478 e. The molecule has 20 heavy (non-hydrogen) atoms. The summed E-state index contributed by atoms with van der Waals surface area (Å²) in [4.78, 5) is 10.9. The summed E-state index contributed by atoms with van der Waals surface area (Å²) >= 11 is -2.08. The lowest BCUT2D eigenvalue weighted by molar-refractivity contribution is 0.0696. The lowest BCUT2D eigenvalue weighted by atomic mass is 10.1. The van der Waals surface area contributed by atoms with Crippen molar-refractivity contribution >= 4 is 17.0 Å². The van der Waals surface area contributed by atoms with Crippen molar-refractivity contribution in [3.63, 3.8) is 0 Å². The average Bonchev–Trinajstić information content (AvgIpc) is 2.41. The summed E-state index contributed by atoms with van der Waals surface area (Å²) in [5.74, 6) is -0.353. The lowest BCUT2D eigenvalue weighted by Gasteiger charge is -2.11. The van der Waals surface area contributed by atoms with Crippen LogP contribution in [0.1, 0.15) is 15.9 Å². The Kier molecular flexibility index (Phi) is 4.49. The summed E-state index contributed by atoms with van der Waals surface area (Å²) in [5, 5.41) is 8.94. The van der Waals surface area contributed by atoms with Gasteiger partial charge in [0, 0.05) is 5.56 Å². The number of hydrogen-bond acceptors (Lipinski definition) is 3. The number of carboxylic acids is 1. The number of hydrogen-bond donors (Lipinski definition) is 2. The number of benzene rings is 2. The molecule has 0 aliphatic rings. The van der Waals surface area contributed by atoms with Crippen molar-refractivity contribution in [3.05, 3.63) is 59.7 Å². The van der Waals surface area contributed by atoms with E-state index in [4.69, 9.17) is 14.4 Å². The molecule has 0 amide bonds. The first-order valence-corrected chi connectivity index (χ1v) is 7.00. The van der Waals surface area contributed by atoms with E-state index in [1.54, 1.807) is 24.3 Å². The second kappa shape index (κ2) is 6.31. The fraction of sp³-hybridized carbons (Fsp3) is 0.0714. The summed E-state index contributed by atoms with van der Waals surface area (Å²) in [6, 6.07) is 13.1. The van der Waals surface area contributed by atoms with Gasteiger partial charge in [-0.1, -0.05) is 18.2 Å². The SMILES string of the molecule is O=C(O)c1ccc(Oc2ccccc2)c(CS(=O)O)c1. The molecular formula is C14H12O5S. The maximum atomic E-state index is 11.0. The van der Waals surface area contributed by atoms with Crippen LogP contribution in [0.5, 0.6) is 11.5 Å². The van der Waals surface area contributed by atoms with E-state index in [0.717, 1.165) is 0 Å². The first-order chi connectivity index (χ1) is 9.56. The molecule has 6 heteroatoms. The molecule has 0 aromatic heterocycles. The van der Waals surface area contributed by atoms with Gasteiger partial charge in [0.15, 0.2) is 11.1 Å². The van der Waals surface area contributed by atoms with Gasteiger partial charge in [0.25, 0.3) is 0 Å². The molecule has 0 aliphatic carbocycles. The molecule has 2 N–H and O–H groups in total. The topological polar surface area (TPSA) is 83.8 Å². The molecule has 104 valence electrons. The van der Waals surface area contributed by atoms with Gasteiger partial charge in [-0.05, 0) is 30.3 Å². The van der Waals surface area contributed by atoms with Gasteiger partial charge >= 0.3 is 5.97 Å². The Labute approximate surface area is 118 Å². The van der Waals surface area contributed by atoms with E-state index in [2.05, 4.69) is 0 Å². The number of aromatic carboxylic acids is 1. The molecule has 1 unspecified atom stereocenters. The van der Waals surface area contributed by atoms with Crippen LogP contribution in [0.4, 0.5) is 0 Å². The van der Waals surface area contributed by atoms with Crippen molar-refractivity contribution in [1.82, 2.24) is 0 Å². The van der Waals surface area contributed by atoms with Gasteiger partial charge in [0.1, 0.15) is 11.5 Å². The Morgan fingerprint density at radius 2 is 1.85 bits per heavy atom. The predicted octanol–water partition coefficient (Wildman–Crippen LogP) is 2.90. The van der Waals surface area contributed by atoms with E-state index in [9.17, 15) is 9.00 Å². The van der Waals surface area contributed by atoms with Crippen LogP contribution < -0.4 is 4.74 Å². The van der Waals surface area contributed by atoms with Crippen molar-refractivity contribution in [3.8, 4) is 11.5 Å². The molecule has 0 spiro atoms. The van der Waals surface area contributed by atoms with Gasteiger partial charge in [-0.15, -0.1) is 0 Å². The molecule has 5 nitrogen and oxygen atoms in total. The second-order valence-electron chi connectivity index (χ2n) is 4.01. The molecule has 0 saturated heterocycles. The number of para-hydroxylation sites is 1. The highest BCUT2D eigenvalue weighted by Crippen LogP contribution is 2.27. The highest BCUT2D eigenvalue weighted by molar-refractivity contribution is 7.78. The van der Waals surface area contributed by atoms with Crippen molar-refractivity contribution in [2.75, 3.05) is 0 Å². The van der Waals surface area contributed by atoms with Gasteiger partial charge < -0.3 is 14.4 Å². The van der Waals surface area contributed by atoms with Crippen molar-refractivity contribution in [1.29, 1.82) is 0 Å². The predicted molar refractivity (Wildman–Crippen MR) is 74.4 cm³/mol. The van der Waals surface area contributed by atoms with E-state index in [-0.39, 0.29) is 11.3 Å². The zero-order chi connectivity index (χ0) is 14.5. The average molecular weight is 292 g/mol. The monoisotopic (exact) mass is 292 g/mol. The summed E-state index contributed by atoms with van der Waals surface area (Å²) in [6.45, 7) is 0. The fourth-order valence-corrected chi connectivity index (χ4v) is 2.17. The molecular weight excluding hydrogens is 280 g/mol. The third-order valence-corrected chi connectivity index (χ3v) is 3.12. The third kappa shape index (κ3) is 3.66. The summed E-state index contributed by atoms with van der Waals surface area (Å²) in [6.07, 6.45) is 0. The van der Waals surface area contributed by atoms with E-state index in [0.29, 0.717) is 17.1 Å². The Morgan fingerprint density at radius 1 is 1.15 bits per heavy atom. The van der Waals surface area contributed by atoms with Crippen LogP contribution in [0.15, 0.2) is 48.5 Å². The Balaban J connectivity index is 2.36. The van der Waals surface area contributed by atoms with Gasteiger partial charge in [-0.25, -0.2) is 9.00 Å². The first kappa shape index (κ1) is 14.2. The number of carboxylic acid groups (broad SMARTS) is 1. The minimum atomic E-state index is -2.08. The number of ether oxygens (including phenoxy) is 1. The van der Waals surface area contributed by atoms with Gasteiger partial charge in [0.05, 0.1) is 11.3 Å². The van der Waals surface area contributed by atoms with Gasteiger partial charge in [-0.2, -0.15) is 0 Å². The second-order valence-corrected chi connectivity index (χ2v) is 4.94. The molecule has 0 bridgehead atoms. The van der Waals surface area contributed by atoms with Crippen LogP contribution in [-0.2, 0) is 16.8 Å². The van der Waals surface area contributed by atoms with Crippen molar-refractivity contribution in [2.24, 2.45) is 0 Å². The minimum Gasteiger partial charge on any atom is -0.478 e. The number of carbonyl (C=O) groups is 1. The fourth-order valence-electron chi connectivity index (χ4n) is 1.67. The van der Waals surface area contributed by atoms with Gasteiger partial charge in [0.2, 0.25) is 0 Å². The molecule has 0 heterocycles. The standard InChI is InChI=1S/C14H12O5S/c15-14(16)10-6-7-13(11(8-10)9-20(17)18)19-12-4-2-1-3-5-12/h1-8H,9H2,(H,15,16)(H,17,18). The molecule has 0 fully saturated rings. The molecule has 2 rings (SSSR count). The molecule has 2 aromatic rings. The van der Waals surface area contributed by atoms with Gasteiger partial charge in [-0.3, -0.25) is 0 Å². The normalized spacial score (nSPS) is 11.8. The highest BCUT2D eigenvalue weighted by atomic mass is 32.2. The zero-order valence-electron chi connectivity index (χ0n) is 10.4. The molecule has 1 atom stereocenters.